The van der Waals surface area contributed by atoms with Crippen LogP contribution in [0.1, 0.15) is 31.7 Å². The highest BCUT2D eigenvalue weighted by molar-refractivity contribution is 5.72. The standard InChI is InChI=1S/C17H24N2O2/c1-12-8-15(11-19(12)16-6-7-16)18-14-5-3-4-13(9-14)10-17(20)21-2/h3-5,9,12,15-16,18H,6-8,10-11H2,1-2H3/t12-,15+/m0/s1. The van der Waals surface area contributed by atoms with Gasteiger partial charge in [0.2, 0.25) is 0 Å². The molecule has 1 heterocycles. The Morgan fingerprint density at radius 3 is 2.95 bits per heavy atom. The lowest BCUT2D eigenvalue weighted by molar-refractivity contribution is -0.139. The van der Waals surface area contributed by atoms with E-state index in [0.29, 0.717) is 18.5 Å². The van der Waals surface area contributed by atoms with Crippen LogP contribution in [-0.2, 0) is 16.0 Å². The highest BCUT2D eigenvalue weighted by Crippen LogP contribution is 2.34. The zero-order valence-corrected chi connectivity index (χ0v) is 12.8. The number of esters is 1. The molecular formula is C17H24N2O2. The summed E-state index contributed by atoms with van der Waals surface area (Å²) in [6.07, 6.45) is 4.26. The predicted molar refractivity (Wildman–Crippen MR) is 83.4 cm³/mol. The summed E-state index contributed by atoms with van der Waals surface area (Å²) in [6.45, 7) is 3.46. The fourth-order valence-electron chi connectivity index (χ4n) is 3.32. The van der Waals surface area contributed by atoms with Crippen LogP contribution in [0.3, 0.4) is 0 Å². The van der Waals surface area contributed by atoms with Crippen molar-refractivity contribution in [2.75, 3.05) is 19.0 Å². The molecule has 2 atom stereocenters. The number of carbonyl (C=O) groups excluding carboxylic acids is 1. The smallest absolute Gasteiger partial charge is 0.309 e. The lowest BCUT2D eigenvalue weighted by Crippen LogP contribution is -2.31. The van der Waals surface area contributed by atoms with Crippen LogP contribution in [0.5, 0.6) is 0 Å². The molecule has 1 aliphatic heterocycles. The highest BCUT2D eigenvalue weighted by atomic mass is 16.5. The molecule has 1 saturated carbocycles. The summed E-state index contributed by atoms with van der Waals surface area (Å²) in [5.41, 5.74) is 2.10. The Bertz CT molecular complexity index is 513. The molecule has 1 aliphatic carbocycles. The molecule has 0 unspecified atom stereocenters. The molecule has 4 nitrogen and oxygen atoms in total. The number of nitrogens with one attached hydrogen (secondary N) is 1. The van der Waals surface area contributed by atoms with Crippen LogP contribution in [0.15, 0.2) is 24.3 Å². The molecule has 21 heavy (non-hydrogen) atoms. The second kappa shape index (κ2) is 6.06. The molecule has 1 aromatic carbocycles. The number of rotatable bonds is 5. The number of benzene rings is 1. The molecule has 1 aromatic rings. The van der Waals surface area contributed by atoms with Crippen LogP contribution in [0.25, 0.3) is 0 Å². The first-order chi connectivity index (χ1) is 10.2. The number of methoxy groups -OCH3 is 1. The number of hydrogen-bond acceptors (Lipinski definition) is 4. The average molecular weight is 288 g/mol. The third-order valence-corrected chi connectivity index (χ3v) is 4.51. The van der Waals surface area contributed by atoms with Gasteiger partial charge in [0.1, 0.15) is 0 Å². The highest BCUT2D eigenvalue weighted by Gasteiger charge is 2.38. The minimum atomic E-state index is -0.193. The molecular weight excluding hydrogens is 264 g/mol. The summed E-state index contributed by atoms with van der Waals surface area (Å²) in [4.78, 5) is 14.0. The monoisotopic (exact) mass is 288 g/mol. The average Bonchev–Trinajstić information content (AvgIpc) is 3.24. The molecule has 1 N–H and O–H groups in total. The summed E-state index contributed by atoms with van der Waals surface area (Å²) in [5, 5.41) is 3.62. The van der Waals surface area contributed by atoms with E-state index in [0.717, 1.165) is 23.8 Å². The number of anilines is 1. The van der Waals surface area contributed by atoms with E-state index in [9.17, 15) is 4.79 Å². The number of nitrogens with zero attached hydrogens (tertiary/aromatic N) is 1. The minimum absolute atomic E-state index is 0.193. The zero-order valence-electron chi connectivity index (χ0n) is 12.8. The zero-order chi connectivity index (χ0) is 14.8. The van der Waals surface area contributed by atoms with Crippen molar-refractivity contribution in [1.82, 2.24) is 4.90 Å². The molecule has 1 saturated heterocycles. The summed E-state index contributed by atoms with van der Waals surface area (Å²) >= 11 is 0. The maximum atomic E-state index is 11.4. The van der Waals surface area contributed by atoms with Gasteiger partial charge < -0.3 is 10.1 Å². The fraction of sp³-hybridized carbons (Fsp3) is 0.588. The van der Waals surface area contributed by atoms with Gasteiger partial charge in [0, 0.05) is 30.4 Å². The van der Waals surface area contributed by atoms with Crippen molar-refractivity contribution in [2.45, 2.75) is 50.7 Å². The van der Waals surface area contributed by atoms with Gasteiger partial charge in [-0.15, -0.1) is 0 Å². The van der Waals surface area contributed by atoms with Gasteiger partial charge in [0.05, 0.1) is 13.5 Å². The van der Waals surface area contributed by atoms with E-state index in [1.165, 1.54) is 26.4 Å². The van der Waals surface area contributed by atoms with Gasteiger partial charge in [-0.05, 0) is 43.9 Å². The Kier molecular flexibility index (Phi) is 4.15. The van der Waals surface area contributed by atoms with Crippen molar-refractivity contribution >= 4 is 11.7 Å². The van der Waals surface area contributed by atoms with Crippen molar-refractivity contribution in [2.24, 2.45) is 0 Å². The molecule has 0 radical (unpaired) electrons. The van der Waals surface area contributed by atoms with Crippen LogP contribution >= 0.6 is 0 Å². The van der Waals surface area contributed by atoms with E-state index in [1.54, 1.807) is 0 Å². The first-order valence-electron chi connectivity index (χ1n) is 7.83. The number of ether oxygens (including phenoxy) is 1. The molecule has 4 heteroatoms. The van der Waals surface area contributed by atoms with Gasteiger partial charge in [-0.25, -0.2) is 0 Å². The molecule has 0 aromatic heterocycles. The third-order valence-electron chi connectivity index (χ3n) is 4.51. The van der Waals surface area contributed by atoms with Gasteiger partial charge in [-0.3, -0.25) is 9.69 Å². The normalized spacial score (nSPS) is 25.8. The van der Waals surface area contributed by atoms with E-state index in [2.05, 4.69) is 29.3 Å². The molecule has 0 bridgehead atoms. The molecule has 2 aliphatic rings. The SMILES string of the molecule is COC(=O)Cc1cccc(N[C@@H]2C[C@H](C)N(C3CC3)C2)c1. The molecule has 114 valence electrons. The molecule has 0 spiro atoms. The van der Waals surface area contributed by atoms with Crippen molar-refractivity contribution in [3.8, 4) is 0 Å². The Morgan fingerprint density at radius 2 is 2.24 bits per heavy atom. The van der Waals surface area contributed by atoms with Crippen molar-refractivity contribution < 1.29 is 9.53 Å². The quantitative estimate of drug-likeness (QED) is 0.845. The maximum Gasteiger partial charge on any atom is 0.309 e. The van der Waals surface area contributed by atoms with Gasteiger partial charge in [-0.2, -0.15) is 0 Å². The fourth-order valence-corrected chi connectivity index (χ4v) is 3.32. The first kappa shape index (κ1) is 14.4. The van der Waals surface area contributed by atoms with Gasteiger partial charge in [0.15, 0.2) is 0 Å². The second-order valence-corrected chi connectivity index (χ2v) is 6.31. The van der Waals surface area contributed by atoms with Crippen LogP contribution < -0.4 is 5.32 Å². The van der Waals surface area contributed by atoms with Crippen LogP contribution in [0.2, 0.25) is 0 Å². The molecule has 2 fully saturated rings. The summed E-state index contributed by atoms with van der Waals surface area (Å²) < 4.78 is 4.72. The van der Waals surface area contributed by atoms with E-state index in [-0.39, 0.29) is 5.97 Å². The van der Waals surface area contributed by atoms with E-state index in [1.807, 2.05) is 12.1 Å². The number of likely N-dealkylation sites (tertiary alicyclic amines) is 1. The lowest BCUT2D eigenvalue weighted by atomic mass is 10.1. The van der Waals surface area contributed by atoms with Gasteiger partial charge in [0.25, 0.3) is 0 Å². The second-order valence-electron chi connectivity index (χ2n) is 6.31. The topological polar surface area (TPSA) is 41.6 Å². The molecule has 0 amide bonds. The van der Waals surface area contributed by atoms with Crippen molar-refractivity contribution in [3.05, 3.63) is 29.8 Å². The predicted octanol–water partition coefficient (Wildman–Crippen LogP) is 2.44. The Balaban J connectivity index is 1.60. The van der Waals surface area contributed by atoms with Crippen molar-refractivity contribution in [1.29, 1.82) is 0 Å². The first-order valence-corrected chi connectivity index (χ1v) is 7.83. The number of carbonyl (C=O) groups is 1. The Morgan fingerprint density at radius 1 is 1.43 bits per heavy atom. The molecule has 3 rings (SSSR count). The largest absolute Gasteiger partial charge is 0.469 e. The van der Waals surface area contributed by atoms with Crippen LogP contribution in [-0.4, -0.2) is 42.6 Å². The van der Waals surface area contributed by atoms with Crippen LogP contribution in [0.4, 0.5) is 5.69 Å². The Hall–Kier alpha value is -1.55. The van der Waals surface area contributed by atoms with Crippen molar-refractivity contribution in [3.63, 3.8) is 0 Å². The van der Waals surface area contributed by atoms with Gasteiger partial charge >= 0.3 is 5.97 Å². The summed E-state index contributed by atoms with van der Waals surface area (Å²) in [7, 11) is 1.43. The minimum Gasteiger partial charge on any atom is -0.469 e. The maximum absolute atomic E-state index is 11.4. The van der Waals surface area contributed by atoms with E-state index in [4.69, 9.17) is 4.74 Å². The summed E-state index contributed by atoms with van der Waals surface area (Å²) in [5.74, 6) is -0.193. The Labute approximate surface area is 126 Å². The van der Waals surface area contributed by atoms with Crippen LogP contribution in [0, 0.1) is 0 Å². The summed E-state index contributed by atoms with van der Waals surface area (Å²) in [6, 6.07) is 10.1. The van der Waals surface area contributed by atoms with E-state index >= 15 is 0 Å². The van der Waals surface area contributed by atoms with Gasteiger partial charge in [-0.1, -0.05) is 12.1 Å². The lowest BCUT2D eigenvalue weighted by Gasteiger charge is -2.20. The third kappa shape index (κ3) is 3.56. The van der Waals surface area contributed by atoms with E-state index < -0.39 is 0 Å². The number of hydrogen-bond donors (Lipinski definition) is 1.